The Balaban J connectivity index is 1.97. The number of aliphatic hydroxyl groups excluding tert-OH is 1. The largest absolute Gasteiger partial charge is 0.493 e. The summed E-state index contributed by atoms with van der Waals surface area (Å²) in [5.74, 6) is 0.560. The first-order valence-corrected chi connectivity index (χ1v) is 9.34. The standard InChI is InChI=1S/C21H20N4O5/c22-14-16-12-15-2-7-19(30-11-1-8-23-9-10-26)13-20(15)24(21(16)27)17-3-5-18(6-4-17)25(28)29/h2-7,12-13,23,26H,1,8-11H2. The summed E-state index contributed by atoms with van der Waals surface area (Å²) in [6.45, 7) is 1.75. The third-order valence-corrected chi connectivity index (χ3v) is 4.47. The van der Waals surface area contributed by atoms with Crippen molar-refractivity contribution in [3.63, 3.8) is 0 Å². The maximum atomic E-state index is 12.8. The van der Waals surface area contributed by atoms with Gasteiger partial charge in [-0.3, -0.25) is 19.5 Å². The monoisotopic (exact) mass is 408 g/mol. The van der Waals surface area contributed by atoms with Crippen LogP contribution < -0.4 is 15.6 Å². The Kier molecular flexibility index (Phi) is 6.75. The summed E-state index contributed by atoms with van der Waals surface area (Å²) >= 11 is 0. The van der Waals surface area contributed by atoms with Gasteiger partial charge < -0.3 is 15.2 Å². The summed E-state index contributed by atoms with van der Waals surface area (Å²) < 4.78 is 7.11. The topological polar surface area (TPSA) is 130 Å². The van der Waals surface area contributed by atoms with Crippen molar-refractivity contribution in [3.8, 4) is 17.5 Å². The summed E-state index contributed by atoms with van der Waals surface area (Å²) in [5, 5.41) is 32.7. The van der Waals surface area contributed by atoms with Gasteiger partial charge >= 0.3 is 0 Å². The second-order valence-electron chi connectivity index (χ2n) is 6.48. The van der Waals surface area contributed by atoms with Gasteiger partial charge in [-0.1, -0.05) is 0 Å². The van der Waals surface area contributed by atoms with E-state index >= 15 is 0 Å². The number of non-ortho nitro benzene ring substituents is 1. The molecule has 30 heavy (non-hydrogen) atoms. The van der Waals surface area contributed by atoms with Crippen molar-refractivity contribution in [1.29, 1.82) is 5.26 Å². The van der Waals surface area contributed by atoms with Crippen LogP contribution >= 0.6 is 0 Å². The Morgan fingerprint density at radius 1 is 1.17 bits per heavy atom. The van der Waals surface area contributed by atoms with Crippen LogP contribution in [-0.2, 0) is 0 Å². The minimum atomic E-state index is -0.516. The van der Waals surface area contributed by atoms with Gasteiger partial charge in [0.25, 0.3) is 11.2 Å². The van der Waals surface area contributed by atoms with Gasteiger partial charge in [0, 0.05) is 35.8 Å². The number of nitro groups is 1. The fraction of sp³-hybridized carbons (Fsp3) is 0.238. The molecule has 0 unspecified atom stereocenters. The van der Waals surface area contributed by atoms with Gasteiger partial charge in [0.1, 0.15) is 17.4 Å². The van der Waals surface area contributed by atoms with Crippen molar-refractivity contribution in [3.05, 3.63) is 74.6 Å². The Morgan fingerprint density at radius 3 is 2.60 bits per heavy atom. The molecule has 0 amide bonds. The maximum Gasteiger partial charge on any atom is 0.273 e. The number of nitro benzene ring substituents is 1. The van der Waals surface area contributed by atoms with Crippen LogP contribution in [0.4, 0.5) is 5.69 Å². The Labute approximate surface area is 171 Å². The van der Waals surface area contributed by atoms with E-state index in [1.165, 1.54) is 34.9 Å². The van der Waals surface area contributed by atoms with Crippen molar-refractivity contribution in [2.24, 2.45) is 0 Å². The molecule has 0 radical (unpaired) electrons. The molecule has 3 aromatic rings. The van der Waals surface area contributed by atoms with E-state index in [-0.39, 0.29) is 17.9 Å². The molecule has 3 rings (SSSR count). The van der Waals surface area contributed by atoms with Crippen molar-refractivity contribution < 1.29 is 14.8 Å². The second kappa shape index (κ2) is 9.65. The van der Waals surface area contributed by atoms with Gasteiger partial charge in [0.15, 0.2) is 0 Å². The number of nitrogens with zero attached hydrogens (tertiary/aromatic N) is 3. The van der Waals surface area contributed by atoms with Crippen LogP contribution in [0.15, 0.2) is 53.3 Å². The Bertz CT molecular complexity index is 1150. The first kappa shape index (κ1) is 21.0. The first-order chi connectivity index (χ1) is 14.5. The molecule has 2 aromatic carbocycles. The fourth-order valence-electron chi connectivity index (χ4n) is 3.03. The van der Waals surface area contributed by atoms with Gasteiger partial charge in [0.2, 0.25) is 0 Å². The van der Waals surface area contributed by atoms with Gasteiger partial charge in [-0.15, -0.1) is 0 Å². The molecule has 154 valence electrons. The number of hydrogen-bond donors (Lipinski definition) is 2. The lowest BCUT2D eigenvalue weighted by Crippen LogP contribution is -2.21. The fourth-order valence-corrected chi connectivity index (χ4v) is 3.03. The molecule has 0 fully saturated rings. The number of pyridine rings is 1. The molecule has 0 aliphatic heterocycles. The van der Waals surface area contributed by atoms with Crippen LogP contribution in [0.3, 0.4) is 0 Å². The quantitative estimate of drug-likeness (QED) is 0.315. The molecule has 0 aliphatic rings. The number of nitrogens with one attached hydrogen (secondary N) is 1. The smallest absolute Gasteiger partial charge is 0.273 e. The highest BCUT2D eigenvalue weighted by atomic mass is 16.6. The SMILES string of the molecule is N#Cc1cc2ccc(OCCCNCCO)cc2n(-c2ccc([N+](=O)[O-])cc2)c1=O. The van der Waals surface area contributed by atoms with Crippen LogP contribution in [0.5, 0.6) is 5.75 Å². The highest BCUT2D eigenvalue weighted by molar-refractivity contribution is 5.83. The number of nitriles is 1. The highest BCUT2D eigenvalue weighted by Crippen LogP contribution is 2.24. The lowest BCUT2D eigenvalue weighted by Gasteiger charge is -2.13. The summed E-state index contributed by atoms with van der Waals surface area (Å²) in [6.07, 6.45) is 0.737. The van der Waals surface area contributed by atoms with E-state index in [1.54, 1.807) is 18.2 Å². The summed E-state index contributed by atoms with van der Waals surface area (Å²) in [6, 6.07) is 14.2. The average molecular weight is 408 g/mol. The van der Waals surface area contributed by atoms with Crippen molar-refractivity contribution >= 4 is 16.6 Å². The molecule has 9 heteroatoms. The molecule has 0 aliphatic carbocycles. The molecule has 0 atom stereocenters. The molecule has 0 bridgehead atoms. The third kappa shape index (κ3) is 4.63. The second-order valence-corrected chi connectivity index (χ2v) is 6.48. The number of rotatable bonds is 9. The number of aromatic nitrogens is 1. The normalized spacial score (nSPS) is 10.7. The highest BCUT2D eigenvalue weighted by Gasteiger charge is 2.13. The van der Waals surface area contributed by atoms with Crippen molar-refractivity contribution in [2.75, 3.05) is 26.3 Å². The number of ether oxygens (including phenoxy) is 1. The summed E-state index contributed by atoms with van der Waals surface area (Å²) in [4.78, 5) is 23.2. The number of benzene rings is 2. The lowest BCUT2D eigenvalue weighted by atomic mass is 10.1. The first-order valence-electron chi connectivity index (χ1n) is 9.34. The molecule has 2 N–H and O–H groups in total. The predicted octanol–water partition coefficient (Wildman–Crippen LogP) is 2.12. The zero-order chi connectivity index (χ0) is 21.5. The molecule has 0 saturated heterocycles. The van der Waals surface area contributed by atoms with E-state index in [9.17, 15) is 20.2 Å². The zero-order valence-corrected chi connectivity index (χ0v) is 16.1. The average Bonchev–Trinajstić information content (AvgIpc) is 2.76. The van der Waals surface area contributed by atoms with Gasteiger partial charge in [-0.05, 0) is 43.3 Å². The minimum Gasteiger partial charge on any atom is -0.493 e. The van der Waals surface area contributed by atoms with Crippen LogP contribution in [0, 0.1) is 21.4 Å². The predicted molar refractivity (Wildman–Crippen MR) is 111 cm³/mol. The molecular formula is C21H20N4O5. The molecule has 1 heterocycles. The number of aliphatic hydroxyl groups is 1. The molecule has 1 aromatic heterocycles. The van der Waals surface area contributed by atoms with E-state index < -0.39 is 10.5 Å². The van der Waals surface area contributed by atoms with E-state index in [4.69, 9.17) is 9.84 Å². The van der Waals surface area contributed by atoms with E-state index in [0.29, 0.717) is 42.0 Å². The Hall–Kier alpha value is -3.74. The van der Waals surface area contributed by atoms with Crippen molar-refractivity contribution in [2.45, 2.75) is 6.42 Å². The third-order valence-electron chi connectivity index (χ3n) is 4.47. The van der Waals surface area contributed by atoms with Crippen molar-refractivity contribution in [1.82, 2.24) is 9.88 Å². The zero-order valence-electron chi connectivity index (χ0n) is 16.1. The minimum absolute atomic E-state index is 0.0236. The molecule has 9 nitrogen and oxygen atoms in total. The van der Waals surface area contributed by atoms with Crippen LogP contribution in [0.1, 0.15) is 12.0 Å². The summed E-state index contributed by atoms with van der Waals surface area (Å²) in [5.41, 5.74) is 0.321. The van der Waals surface area contributed by atoms with Gasteiger partial charge in [0.05, 0.1) is 23.7 Å². The van der Waals surface area contributed by atoms with Crippen LogP contribution in [0.25, 0.3) is 16.6 Å². The van der Waals surface area contributed by atoms with E-state index in [1.807, 2.05) is 6.07 Å². The number of hydrogen-bond acceptors (Lipinski definition) is 7. The molecular weight excluding hydrogens is 388 g/mol. The Morgan fingerprint density at radius 2 is 1.93 bits per heavy atom. The number of fused-ring (bicyclic) bond motifs is 1. The van der Waals surface area contributed by atoms with Gasteiger partial charge in [-0.2, -0.15) is 5.26 Å². The van der Waals surface area contributed by atoms with E-state index in [0.717, 1.165) is 6.42 Å². The van der Waals surface area contributed by atoms with Gasteiger partial charge in [-0.25, -0.2) is 0 Å². The summed E-state index contributed by atoms with van der Waals surface area (Å²) in [7, 11) is 0. The van der Waals surface area contributed by atoms with Crippen LogP contribution in [-0.4, -0.2) is 40.9 Å². The van der Waals surface area contributed by atoms with Crippen LogP contribution in [0.2, 0.25) is 0 Å². The lowest BCUT2D eigenvalue weighted by molar-refractivity contribution is -0.384. The molecule has 0 spiro atoms. The van der Waals surface area contributed by atoms with E-state index in [2.05, 4.69) is 5.32 Å². The molecule has 0 saturated carbocycles. The maximum absolute atomic E-state index is 12.8.